The summed E-state index contributed by atoms with van der Waals surface area (Å²) in [5.74, 6) is -1.12. The Kier molecular flexibility index (Phi) is 4.45. The normalized spacial score (nSPS) is 14.3. The second kappa shape index (κ2) is 6.69. The van der Waals surface area contributed by atoms with E-state index >= 15 is 0 Å². The van der Waals surface area contributed by atoms with Crippen molar-refractivity contribution in [2.75, 3.05) is 19.6 Å². The van der Waals surface area contributed by atoms with Crippen molar-refractivity contribution in [3.05, 3.63) is 40.3 Å². The first kappa shape index (κ1) is 16.0. The van der Waals surface area contributed by atoms with E-state index in [-0.39, 0.29) is 17.1 Å². The summed E-state index contributed by atoms with van der Waals surface area (Å²) in [5, 5.41) is 12.5. The highest BCUT2D eigenvalue weighted by molar-refractivity contribution is 5.96. The number of carbonyl (C=O) groups is 2. The van der Waals surface area contributed by atoms with Crippen molar-refractivity contribution in [1.82, 2.24) is 19.6 Å². The van der Waals surface area contributed by atoms with Gasteiger partial charge in [-0.05, 0) is 25.0 Å². The van der Waals surface area contributed by atoms with E-state index < -0.39 is 17.3 Å². The first-order valence-corrected chi connectivity index (χ1v) is 7.84. The van der Waals surface area contributed by atoms with Crippen LogP contribution >= 0.6 is 0 Å². The van der Waals surface area contributed by atoms with E-state index in [0.29, 0.717) is 25.9 Å². The Morgan fingerprint density at radius 1 is 1.33 bits per heavy atom. The quantitative estimate of drug-likeness (QED) is 0.759. The average molecular weight is 330 g/mol. The number of amides is 2. The molecule has 1 fully saturated rings. The Labute approximate surface area is 137 Å². The van der Waals surface area contributed by atoms with Gasteiger partial charge in [-0.15, -0.1) is 0 Å². The maximum atomic E-state index is 12.3. The number of carbonyl (C=O) groups excluding carboxylic acids is 2. The van der Waals surface area contributed by atoms with Gasteiger partial charge in [0.25, 0.3) is 11.5 Å². The molecule has 8 heteroatoms. The molecule has 0 saturated carbocycles. The molecule has 0 radical (unpaired) electrons. The van der Waals surface area contributed by atoms with Crippen molar-refractivity contribution < 1.29 is 14.7 Å². The van der Waals surface area contributed by atoms with Gasteiger partial charge in [-0.3, -0.25) is 18.8 Å². The molecule has 2 aromatic rings. The van der Waals surface area contributed by atoms with Crippen molar-refractivity contribution in [2.45, 2.75) is 19.3 Å². The van der Waals surface area contributed by atoms with Crippen LogP contribution in [0.3, 0.4) is 0 Å². The molecule has 0 atom stereocenters. The van der Waals surface area contributed by atoms with Crippen LogP contribution in [0.4, 0.5) is 0 Å². The van der Waals surface area contributed by atoms with E-state index in [9.17, 15) is 19.5 Å². The van der Waals surface area contributed by atoms with Crippen LogP contribution in [0, 0.1) is 0 Å². The highest BCUT2D eigenvalue weighted by Crippen LogP contribution is 2.11. The summed E-state index contributed by atoms with van der Waals surface area (Å²) >= 11 is 0. The van der Waals surface area contributed by atoms with Crippen molar-refractivity contribution in [3.63, 3.8) is 0 Å². The highest BCUT2D eigenvalue weighted by atomic mass is 16.3. The molecular formula is C16H18N4O4. The van der Waals surface area contributed by atoms with Gasteiger partial charge in [-0.1, -0.05) is 6.07 Å². The molecule has 1 saturated heterocycles. The third-order valence-corrected chi connectivity index (χ3v) is 4.00. The van der Waals surface area contributed by atoms with Gasteiger partial charge < -0.3 is 15.3 Å². The molecule has 0 aliphatic carbocycles. The monoisotopic (exact) mass is 330 g/mol. The topological polar surface area (TPSA) is 104 Å². The Morgan fingerprint density at radius 2 is 2.17 bits per heavy atom. The summed E-state index contributed by atoms with van der Waals surface area (Å²) in [6.45, 7) is 1.63. The van der Waals surface area contributed by atoms with Gasteiger partial charge in [0.1, 0.15) is 5.65 Å². The largest absolute Gasteiger partial charge is 0.493 e. The lowest BCUT2D eigenvalue weighted by atomic mass is 10.2. The van der Waals surface area contributed by atoms with Gasteiger partial charge in [-0.2, -0.15) is 4.98 Å². The second-order valence-corrected chi connectivity index (χ2v) is 5.64. The standard InChI is InChI=1S/C16H18N4O4/c21-12-6-3-8-19(12)9-4-7-17-14(22)13-15(23)18-11-5-1-2-10-20(11)16(13)24/h1-2,5,10,23H,3-4,6-9H2,(H,17,22). The maximum absolute atomic E-state index is 12.3. The minimum atomic E-state index is -0.670. The van der Waals surface area contributed by atoms with Crippen LogP contribution in [0.15, 0.2) is 29.2 Å². The third-order valence-electron chi connectivity index (χ3n) is 4.00. The summed E-state index contributed by atoms with van der Waals surface area (Å²) < 4.78 is 1.21. The lowest BCUT2D eigenvalue weighted by Crippen LogP contribution is -2.34. The number of hydrogen-bond acceptors (Lipinski definition) is 5. The van der Waals surface area contributed by atoms with E-state index in [1.165, 1.54) is 10.6 Å². The SMILES string of the molecule is O=C(NCCCN1CCCC1=O)c1c(O)nc2ccccn2c1=O. The molecule has 3 rings (SSSR count). The van der Waals surface area contributed by atoms with Crippen molar-refractivity contribution >= 4 is 17.5 Å². The molecule has 1 aliphatic heterocycles. The minimum absolute atomic E-state index is 0.135. The van der Waals surface area contributed by atoms with Crippen molar-refractivity contribution in [1.29, 1.82) is 0 Å². The molecule has 2 amide bonds. The Morgan fingerprint density at radius 3 is 2.92 bits per heavy atom. The lowest BCUT2D eigenvalue weighted by molar-refractivity contribution is -0.127. The zero-order chi connectivity index (χ0) is 17.1. The molecule has 2 aromatic heterocycles. The number of aromatic nitrogens is 2. The number of aromatic hydroxyl groups is 1. The average Bonchev–Trinajstić information content (AvgIpc) is 2.97. The number of fused-ring (bicyclic) bond motifs is 1. The van der Waals surface area contributed by atoms with Gasteiger partial charge >= 0.3 is 0 Å². The predicted molar refractivity (Wildman–Crippen MR) is 85.9 cm³/mol. The molecule has 0 unspecified atom stereocenters. The van der Waals surface area contributed by atoms with Crippen LogP contribution in [0.25, 0.3) is 5.65 Å². The van der Waals surface area contributed by atoms with E-state index in [4.69, 9.17) is 0 Å². The predicted octanol–water partition coefficient (Wildman–Crippen LogP) is 0.142. The molecule has 24 heavy (non-hydrogen) atoms. The van der Waals surface area contributed by atoms with E-state index in [2.05, 4.69) is 10.3 Å². The fourth-order valence-corrected chi connectivity index (χ4v) is 2.78. The van der Waals surface area contributed by atoms with Crippen LogP contribution in [-0.4, -0.2) is 50.8 Å². The molecule has 0 aromatic carbocycles. The number of hydrogen-bond donors (Lipinski definition) is 2. The fraction of sp³-hybridized carbons (Fsp3) is 0.375. The number of pyridine rings is 1. The highest BCUT2D eigenvalue weighted by Gasteiger charge is 2.21. The summed E-state index contributed by atoms with van der Waals surface area (Å²) in [5.41, 5.74) is -0.731. The Hall–Kier alpha value is -2.90. The molecular weight excluding hydrogens is 312 g/mol. The maximum Gasteiger partial charge on any atom is 0.274 e. The Balaban J connectivity index is 1.66. The molecule has 1 aliphatic rings. The summed E-state index contributed by atoms with van der Waals surface area (Å²) in [7, 11) is 0. The van der Waals surface area contributed by atoms with Crippen LogP contribution in [-0.2, 0) is 4.79 Å². The molecule has 3 heterocycles. The van der Waals surface area contributed by atoms with Crippen LogP contribution in [0.1, 0.15) is 29.6 Å². The van der Waals surface area contributed by atoms with Crippen molar-refractivity contribution in [3.8, 4) is 5.88 Å². The first-order chi connectivity index (χ1) is 11.6. The van der Waals surface area contributed by atoms with Gasteiger partial charge in [-0.25, -0.2) is 0 Å². The summed E-state index contributed by atoms with van der Waals surface area (Å²) in [6, 6.07) is 4.89. The molecule has 126 valence electrons. The molecule has 8 nitrogen and oxygen atoms in total. The Bertz CT molecular complexity index is 846. The van der Waals surface area contributed by atoms with Gasteiger partial charge in [0.15, 0.2) is 5.56 Å². The molecule has 0 bridgehead atoms. The van der Waals surface area contributed by atoms with E-state index in [0.717, 1.165) is 13.0 Å². The zero-order valence-electron chi connectivity index (χ0n) is 13.1. The summed E-state index contributed by atoms with van der Waals surface area (Å²) in [6.07, 6.45) is 3.53. The van der Waals surface area contributed by atoms with Crippen molar-refractivity contribution in [2.24, 2.45) is 0 Å². The van der Waals surface area contributed by atoms with Gasteiger partial charge in [0.2, 0.25) is 11.8 Å². The zero-order valence-corrected chi connectivity index (χ0v) is 13.1. The first-order valence-electron chi connectivity index (χ1n) is 7.84. The lowest BCUT2D eigenvalue weighted by Gasteiger charge is -2.15. The third kappa shape index (κ3) is 3.08. The fourth-order valence-electron chi connectivity index (χ4n) is 2.78. The van der Waals surface area contributed by atoms with Crippen LogP contribution < -0.4 is 10.9 Å². The minimum Gasteiger partial charge on any atom is -0.493 e. The molecule has 2 N–H and O–H groups in total. The smallest absolute Gasteiger partial charge is 0.274 e. The van der Waals surface area contributed by atoms with Gasteiger partial charge in [0.05, 0.1) is 0 Å². The number of rotatable bonds is 5. The number of likely N-dealkylation sites (tertiary alicyclic amines) is 1. The van der Waals surface area contributed by atoms with Crippen LogP contribution in [0.5, 0.6) is 5.88 Å². The molecule has 0 spiro atoms. The van der Waals surface area contributed by atoms with E-state index in [1.807, 2.05) is 0 Å². The second-order valence-electron chi connectivity index (χ2n) is 5.64. The number of nitrogens with one attached hydrogen (secondary N) is 1. The summed E-state index contributed by atoms with van der Waals surface area (Å²) in [4.78, 5) is 41.6. The van der Waals surface area contributed by atoms with Gasteiger partial charge in [0, 0.05) is 32.3 Å². The van der Waals surface area contributed by atoms with E-state index in [1.54, 1.807) is 23.1 Å². The van der Waals surface area contributed by atoms with Crippen LogP contribution in [0.2, 0.25) is 0 Å². The number of nitrogens with zero attached hydrogens (tertiary/aromatic N) is 3.